The molecule has 5 nitrogen and oxygen atoms in total. The minimum absolute atomic E-state index is 0.115. The van der Waals surface area contributed by atoms with Gasteiger partial charge in [0.2, 0.25) is 0 Å². The van der Waals surface area contributed by atoms with E-state index in [-0.39, 0.29) is 11.8 Å². The zero-order chi connectivity index (χ0) is 16.8. The van der Waals surface area contributed by atoms with Gasteiger partial charge < -0.3 is 15.0 Å². The van der Waals surface area contributed by atoms with E-state index in [1.165, 1.54) is 4.90 Å². The van der Waals surface area contributed by atoms with Crippen molar-refractivity contribution in [2.24, 2.45) is 0 Å². The molecule has 0 fully saturated rings. The molecule has 0 saturated heterocycles. The van der Waals surface area contributed by atoms with E-state index in [2.05, 4.69) is 5.32 Å². The highest BCUT2D eigenvalue weighted by molar-refractivity contribution is 6.06. The van der Waals surface area contributed by atoms with Crippen molar-refractivity contribution < 1.29 is 14.3 Å². The molecule has 0 aliphatic heterocycles. The molecule has 2 rings (SSSR count). The lowest BCUT2D eigenvalue weighted by Crippen LogP contribution is -2.22. The molecule has 0 bridgehead atoms. The lowest BCUT2D eigenvalue weighted by molar-refractivity contribution is 0.0827. The van der Waals surface area contributed by atoms with Gasteiger partial charge in [-0.1, -0.05) is 18.2 Å². The minimum atomic E-state index is -0.275. The Morgan fingerprint density at radius 1 is 1.09 bits per heavy atom. The average Bonchev–Trinajstić information content (AvgIpc) is 2.55. The number of carbonyl (C=O) groups is 2. The highest BCUT2D eigenvalue weighted by Gasteiger charge is 2.13. The Hall–Kier alpha value is -2.82. The van der Waals surface area contributed by atoms with Gasteiger partial charge in [-0.3, -0.25) is 9.59 Å². The fourth-order valence-corrected chi connectivity index (χ4v) is 2.12. The van der Waals surface area contributed by atoms with Crippen LogP contribution in [0.25, 0.3) is 0 Å². The van der Waals surface area contributed by atoms with Crippen molar-refractivity contribution in [2.75, 3.05) is 26.0 Å². The van der Waals surface area contributed by atoms with Crippen LogP contribution in [0, 0.1) is 0 Å². The molecule has 2 aromatic carbocycles. The first-order valence-corrected chi connectivity index (χ1v) is 7.37. The molecule has 0 radical (unpaired) electrons. The number of hydrogen-bond donors (Lipinski definition) is 1. The van der Waals surface area contributed by atoms with Crippen molar-refractivity contribution in [1.29, 1.82) is 0 Å². The molecule has 0 aliphatic carbocycles. The van der Waals surface area contributed by atoms with Gasteiger partial charge in [-0.25, -0.2) is 0 Å². The van der Waals surface area contributed by atoms with E-state index in [9.17, 15) is 9.59 Å². The van der Waals surface area contributed by atoms with Crippen LogP contribution >= 0.6 is 0 Å². The van der Waals surface area contributed by atoms with Crippen molar-refractivity contribution in [1.82, 2.24) is 4.90 Å². The Morgan fingerprint density at radius 3 is 2.52 bits per heavy atom. The predicted octanol–water partition coefficient (Wildman–Crippen LogP) is 3.04. The molecule has 2 amide bonds. The van der Waals surface area contributed by atoms with Crippen molar-refractivity contribution >= 4 is 17.5 Å². The number of para-hydroxylation sites is 1. The van der Waals surface area contributed by atoms with Crippen LogP contribution in [0.3, 0.4) is 0 Å². The van der Waals surface area contributed by atoms with Crippen LogP contribution < -0.4 is 10.1 Å². The summed E-state index contributed by atoms with van der Waals surface area (Å²) in [7, 11) is 3.37. The molecular weight excluding hydrogens is 292 g/mol. The Kier molecular flexibility index (Phi) is 5.36. The maximum atomic E-state index is 12.4. The number of nitrogens with one attached hydrogen (secondary N) is 1. The van der Waals surface area contributed by atoms with Crippen LogP contribution in [0.2, 0.25) is 0 Å². The quantitative estimate of drug-likeness (QED) is 0.923. The van der Waals surface area contributed by atoms with Gasteiger partial charge in [-0.05, 0) is 37.3 Å². The van der Waals surface area contributed by atoms with Gasteiger partial charge in [0.25, 0.3) is 11.8 Å². The molecule has 0 saturated carbocycles. The van der Waals surface area contributed by atoms with Crippen LogP contribution in [0.5, 0.6) is 5.75 Å². The lowest BCUT2D eigenvalue weighted by atomic mass is 10.1. The van der Waals surface area contributed by atoms with E-state index in [4.69, 9.17) is 4.74 Å². The van der Waals surface area contributed by atoms with E-state index in [0.29, 0.717) is 29.2 Å². The number of rotatable bonds is 5. The second-order valence-electron chi connectivity index (χ2n) is 5.16. The second-order valence-corrected chi connectivity index (χ2v) is 5.16. The minimum Gasteiger partial charge on any atom is -0.493 e. The van der Waals surface area contributed by atoms with Gasteiger partial charge in [-0.15, -0.1) is 0 Å². The zero-order valence-electron chi connectivity index (χ0n) is 13.5. The summed E-state index contributed by atoms with van der Waals surface area (Å²) in [5.74, 6) is 0.146. The number of carbonyl (C=O) groups excluding carboxylic acids is 2. The van der Waals surface area contributed by atoms with Crippen LogP contribution in [0.1, 0.15) is 27.6 Å². The van der Waals surface area contributed by atoms with E-state index in [0.717, 1.165) is 0 Å². The van der Waals surface area contributed by atoms with Gasteiger partial charge >= 0.3 is 0 Å². The summed E-state index contributed by atoms with van der Waals surface area (Å²) < 4.78 is 5.47. The average molecular weight is 312 g/mol. The molecule has 0 spiro atoms. The van der Waals surface area contributed by atoms with Gasteiger partial charge in [-0.2, -0.15) is 0 Å². The smallest absolute Gasteiger partial charge is 0.259 e. The van der Waals surface area contributed by atoms with Gasteiger partial charge in [0.15, 0.2) is 0 Å². The molecule has 120 valence electrons. The monoisotopic (exact) mass is 312 g/mol. The Labute approximate surface area is 135 Å². The first-order chi connectivity index (χ1) is 11.0. The van der Waals surface area contributed by atoms with Gasteiger partial charge in [0.05, 0.1) is 12.2 Å². The van der Waals surface area contributed by atoms with Gasteiger partial charge in [0, 0.05) is 25.3 Å². The topological polar surface area (TPSA) is 58.6 Å². The first-order valence-electron chi connectivity index (χ1n) is 7.37. The van der Waals surface area contributed by atoms with Crippen molar-refractivity contribution in [2.45, 2.75) is 6.92 Å². The van der Waals surface area contributed by atoms with Crippen LogP contribution in [-0.2, 0) is 0 Å². The summed E-state index contributed by atoms with van der Waals surface area (Å²) in [5, 5.41) is 2.80. The largest absolute Gasteiger partial charge is 0.493 e. The zero-order valence-corrected chi connectivity index (χ0v) is 13.5. The Morgan fingerprint density at radius 2 is 1.83 bits per heavy atom. The number of benzene rings is 2. The second kappa shape index (κ2) is 7.45. The van der Waals surface area contributed by atoms with Crippen LogP contribution in [-0.4, -0.2) is 37.4 Å². The number of anilines is 1. The summed E-state index contributed by atoms with van der Waals surface area (Å²) in [6.07, 6.45) is 0. The highest BCUT2D eigenvalue weighted by atomic mass is 16.5. The van der Waals surface area contributed by atoms with Crippen LogP contribution in [0.4, 0.5) is 5.69 Å². The van der Waals surface area contributed by atoms with E-state index in [1.807, 2.05) is 13.0 Å². The predicted molar refractivity (Wildman–Crippen MR) is 90.0 cm³/mol. The third kappa shape index (κ3) is 4.10. The molecule has 2 aromatic rings. The maximum Gasteiger partial charge on any atom is 0.259 e. The first kappa shape index (κ1) is 16.5. The SMILES string of the molecule is CCOc1ccccc1C(=O)Nc1cccc(C(=O)N(C)C)c1. The van der Waals surface area contributed by atoms with E-state index >= 15 is 0 Å². The number of ether oxygens (including phenoxy) is 1. The third-order valence-electron chi connectivity index (χ3n) is 3.21. The molecule has 0 aliphatic rings. The number of nitrogens with zero attached hydrogens (tertiary/aromatic N) is 1. The fraction of sp³-hybridized carbons (Fsp3) is 0.222. The van der Waals surface area contributed by atoms with Crippen molar-refractivity contribution in [3.05, 3.63) is 59.7 Å². The summed E-state index contributed by atoms with van der Waals surface area (Å²) in [5.41, 5.74) is 1.54. The van der Waals surface area contributed by atoms with Crippen LogP contribution in [0.15, 0.2) is 48.5 Å². The molecule has 1 N–H and O–H groups in total. The van der Waals surface area contributed by atoms with Crippen molar-refractivity contribution in [3.8, 4) is 5.75 Å². The number of hydrogen-bond acceptors (Lipinski definition) is 3. The summed E-state index contributed by atoms with van der Waals surface area (Å²) in [6, 6.07) is 13.9. The van der Waals surface area contributed by atoms with E-state index < -0.39 is 0 Å². The Bertz CT molecular complexity index is 711. The molecule has 0 aromatic heterocycles. The number of amides is 2. The normalized spacial score (nSPS) is 10.0. The summed E-state index contributed by atoms with van der Waals surface area (Å²) in [4.78, 5) is 25.9. The van der Waals surface area contributed by atoms with E-state index in [1.54, 1.807) is 56.6 Å². The molecule has 5 heteroatoms. The highest BCUT2D eigenvalue weighted by Crippen LogP contribution is 2.20. The van der Waals surface area contributed by atoms with Gasteiger partial charge in [0.1, 0.15) is 5.75 Å². The maximum absolute atomic E-state index is 12.4. The molecule has 0 atom stereocenters. The third-order valence-corrected chi connectivity index (χ3v) is 3.21. The van der Waals surface area contributed by atoms with Crippen molar-refractivity contribution in [3.63, 3.8) is 0 Å². The summed E-state index contributed by atoms with van der Waals surface area (Å²) >= 11 is 0. The molecule has 0 heterocycles. The fourth-order valence-electron chi connectivity index (χ4n) is 2.12. The lowest BCUT2D eigenvalue weighted by Gasteiger charge is -2.13. The standard InChI is InChI=1S/C18H20N2O3/c1-4-23-16-11-6-5-10-15(16)17(21)19-14-9-7-8-13(12-14)18(22)20(2)3/h5-12H,4H2,1-3H3,(H,19,21). The summed E-state index contributed by atoms with van der Waals surface area (Å²) in [6.45, 7) is 2.35. The molecule has 23 heavy (non-hydrogen) atoms. The Balaban J connectivity index is 2.21. The molecule has 0 unspecified atom stereocenters. The molecular formula is C18H20N2O3.